The third-order valence-corrected chi connectivity index (χ3v) is 10.8. The van der Waals surface area contributed by atoms with Gasteiger partial charge in [0.2, 0.25) is 0 Å². The van der Waals surface area contributed by atoms with Crippen LogP contribution in [0.2, 0.25) is 13.3 Å². The van der Waals surface area contributed by atoms with Gasteiger partial charge in [0, 0.05) is 0 Å². The van der Waals surface area contributed by atoms with Gasteiger partial charge in [-0.3, -0.25) is 0 Å². The van der Waals surface area contributed by atoms with Gasteiger partial charge in [0.15, 0.2) is 0 Å². The van der Waals surface area contributed by atoms with Crippen LogP contribution in [0.25, 0.3) is 0 Å². The molecule has 0 fully saturated rings. The van der Waals surface area contributed by atoms with Gasteiger partial charge in [-0.2, -0.15) is 0 Å². The zero-order valence-electron chi connectivity index (χ0n) is 6.74. The van der Waals surface area contributed by atoms with Crippen LogP contribution < -0.4 is 0 Å². The van der Waals surface area contributed by atoms with Gasteiger partial charge in [0.05, 0.1) is 0 Å². The van der Waals surface area contributed by atoms with Crippen LogP contribution in [0.3, 0.4) is 0 Å². The Bertz CT molecular complexity index is 44.2. The zero-order valence-corrected chi connectivity index (χ0v) is 11.3. The molecule has 0 saturated heterocycles. The first-order chi connectivity index (χ1) is 3.85. The average molecular weight is 301 g/mol. The number of halogens is 1. The van der Waals surface area contributed by atoms with Gasteiger partial charge in [-0.25, -0.2) is 0 Å². The number of rotatable bonds is 4. The van der Waals surface area contributed by atoms with Gasteiger partial charge in [-0.15, -0.1) is 17.0 Å². The zero-order chi connectivity index (χ0) is 6.41. The van der Waals surface area contributed by atoms with E-state index in [2.05, 4.69) is 20.8 Å². The molecule has 0 aromatic carbocycles. The van der Waals surface area contributed by atoms with Crippen LogP contribution >= 0.6 is 17.0 Å². The Morgan fingerprint density at radius 3 is 1.56 bits per heavy atom. The molecular weight excluding hydrogens is 283 g/mol. The minimum absolute atomic E-state index is 0. The van der Waals surface area contributed by atoms with Crippen LogP contribution in [0.4, 0.5) is 0 Å². The van der Waals surface area contributed by atoms with Crippen molar-refractivity contribution in [2.45, 2.75) is 40.5 Å². The topological polar surface area (TPSA) is 0 Å². The molecule has 0 N–H and O–H groups in total. The molecule has 57 valence electrons. The van der Waals surface area contributed by atoms with Crippen molar-refractivity contribution < 1.29 is 0 Å². The van der Waals surface area contributed by atoms with Gasteiger partial charge in [0.1, 0.15) is 0 Å². The second kappa shape index (κ2) is 9.28. The standard InChI is InChI=1S/C3H7.2C2H5.BrH.Sn/c1-3-2;2*1-2;;/h1,3H2,2H3;2*1H2,2H3;1H;. The molecule has 1 radical (unpaired) electrons. The van der Waals surface area contributed by atoms with Crippen LogP contribution in [-0.2, 0) is 0 Å². The second-order valence-corrected chi connectivity index (χ2v) is 12.0. The van der Waals surface area contributed by atoms with Crippen molar-refractivity contribution in [1.29, 1.82) is 0 Å². The summed E-state index contributed by atoms with van der Waals surface area (Å²) in [6.45, 7) is 7.05. The van der Waals surface area contributed by atoms with E-state index in [9.17, 15) is 0 Å². The van der Waals surface area contributed by atoms with E-state index in [-0.39, 0.29) is 17.0 Å². The fourth-order valence-electron chi connectivity index (χ4n) is 0.957. The molecule has 0 aliphatic heterocycles. The first-order valence-electron chi connectivity index (χ1n) is 3.68. The third-order valence-electron chi connectivity index (χ3n) is 1.60. The molecule has 0 saturated carbocycles. The molecule has 2 heteroatoms. The fourth-order valence-corrected chi connectivity index (χ4v) is 6.42. The van der Waals surface area contributed by atoms with Crippen LogP contribution in [-0.4, -0.2) is 19.8 Å². The Labute approximate surface area is 76.9 Å². The molecule has 0 aromatic heterocycles. The van der Waals surface area contributed by atoms with Gasteiger partial charge in [0.25, 0.3) is 0 Å². The summed E-state index contributed by atoms with van der Waals surface area (Å²) in [6.07, 6.45) is 1.44. The summed E-state index contributed by atoms with van der Waals surface area (Å²) < 4.78 is 4.74. The van der Waals surface area contributed by atoms with E-state index in [1.807, 2.05) is 0 Å². The molecule has 0 nitrogen and oxygen atoms in total. The Morgan fingerprint density at radius 1 is 1.00 bits per heavy atom. The maximum absolute atomic E-state index is 2.37. The molecular formula is C7H18BrSn. The maximum atomic E-state index is 2.37. The fraction of sp³-hybridized carbons (Fsp3) is 1.00. The summed E-state index contributed by atoms with van der Waals surface area (Å²) in [7, 11) is 0. The number of hydrogen-bond acceptors (Lipinski definition) is 0. The second-order valence-electron chi connectivity index (χ2n) is 2.21. The normalized spacial score (nSPS) is 9.33. The molecule has 0 aromatic rings. The van der Waals surface area contributed by atoms with Gasteiger partial charge < -0.3 is 0 Å². The van der Waals surface area contributed by atoms with E-state index >= 15 is 0 Å². The van der Waals surface area contributed by atoms with Crippen molar-refractivity contribution >= 4 is 36.7 Å². The predicted molar refractivity (Wildman–Crippen MR) is 52.1 cm³/mol. The molecule has 0 aliphatic carbocycles. The van der Waals surface area contributed by atoms with Crippen LogP contribution in [0.15, 0.2) is 0 Å². The molecule has 9 heavy (non-hydrogen) atoms. The first kappa shape index (κ1) is 12.9. The predicted octanol–water partition coefficient (Wildman–Crippen LogP) is 3.51. The SMILES string of the molecule is Br.CC[CH2][Sn]([CH2]C)[CH2]C. The van der Waals surface area contributed by atoms with E-state index in [0.29, 0.717) is 0 Å². The molecule has 0 unspecified atom stereocenters. The van der Waals surface area contributed by atoms with E-state index in [1.165, 1.54) is 6.42 Å². The van der Waals surface area contributed by atoms with Crippen molar-refractivity contribution in [3.05, 3.63) is 0 Å². The Morgan fingerprint density at radius 2 is 1.44 bits per heavy atom. The minimum atomic E-state index is -0.688. The average Bonchev–Trinajstić information content (AvgIpc) is 1.83. The Balaban J connectivity index is 0. The van der Waals surface area contributed by atoms with Crippen LogP contribution in [0, 0.1) is 0 Å². The van der Waals surface area contributed by atoms with E-state index in [4.69, 9.17) is 0 Å². The monoisotopic (exact) mass is 301 g/mol. The molecule has 0 spiro atoms. The molecule has 0 bridgehead atoms. The van der Waals surface area contributed by atoms with Crippen molar-refractivity contribution in [2.75, 3.05) is 0 Å². The van der Waals surface area contributed by atoms with Crippen molar-refractivity contribution in [2.24, 2.45) is 0 Å². The van der Waals surface area contributed by atoms with E-state index in [0.717, 1.165) is 0 Å². The first-order valence-corrected chi connectivity index (χ1v) is 9.74. The Kier molecular flexibility index (Phi) is 13.3. The summed E-state index contributed by atoms with van der Waals surface area (Å²) in [6, 6.07) is 0. The summed E-state index contributed by atoms with van der Waals surface area (Å²) in [5.41, 5.74) is 0. The van der Waals surface area contributed by atoms with Crippen molar-refractivity contribution in [3.8, 4) is 0 Å². The molecule has 0 amide bonds. The molecule has 0 aliphatic rings. The summed E-state index contributed by atoms with van der Waals surface area (Å²) in [5.74, 6) is 0. The van der Waals surface area contributed by atoms with Crippen molar-refractivity contribution in [1.82, 2.24) is 0 Å². The van der Waals surface area contributed by atoms with Gasteiger partial charge >= 0.3 is 60.3 Å². The van der Waals surface area contributed by atoms with Crippen LogP contribution in [0.1, 0.15) is 27.2 Å². The molecule has 0 heterocycles. The third kappa shape index (κ3) is 7.17. The molecule has 0 rings (SSSR count). The van der Waals surface area contributed by atoms with E-state index < -0.39 is 19.8 Å². The summed E-state index contributed by atoms with van der Waals surface area (Å²) >= 11 is -0.688. The summed E-state index contributed by atoms with van der Waals surface area (Å²) in [4.78, 5) is 0. The summed E-state index contributed by atoms with van der Waals surface area (Å²) in [5, 5.41) is 0. The quantitative estimate of drug-likeness (QED) is 0.697. The Hall–Kier alpha value is 1.28. The van der Waals surface area contributed by atoms with Crippen molar-refractivity contribution in [3.63, 3.8) is 0 Å². The van der Waals surface area contributed by atoms with Gasteiger partial charge in [-0.1, -0.05) is 0 Å². The van der Waals surface area contributed by atoms with E-state index in [1.54, 1.807) is 13.3 Å². The number of hydrogen-bond donors (Lipinski definition) is 0. The molecule has 0 atom stereocenters. The van der Waals surface area contributed by atoms with Gasteiger partial charge in [-0.05, 0) is 0 Å². The van der Waals surface area contributed by atoms with Crippen LogP contribution in [0.5, 0.6) is 0 Å².